The number of thioether (sulfide) groups is 1. The molecule has 16 heteroatoms. The van der Waals surface area contributed by atoms with Gasteiger partial charge < -0.3 is 19.7 Å². The topological polar surface area (TPSA) is 181 Å². The summed E-state index contributed by atoms with van der Waals surface area (Å²) in [6, 6.07) is 13.8. The van der Waals surface area contributed by atoms with Gasteiger partial charge in [0.25, 0.3) is 11.6 Å². The molecule has 0 saturated carbocycles. The molecule has 0 unspecified atom stereocenters. The molecule has 2 aromatic carbocycles. The molecule has 0 radical (unpaired) electrons. The standard InChI is InChI=1S/C28H31N3O11S2/c1-3-41-44(37,38)42-18(2)25-22-15-23(43-14-13-29-24(32)17-39-21-7-5-4-6-8-21)26(30(22)27(25)33)28(34)40-16-19-9-11-20(12-10-19)31(35)36/h4-12,18,22,25H,3,13-17H2,1-2H3,(H,29,32)/t18-,22+,25-/m0/s1. The maximum atomic E-state index is 13.3. The number of hydrogen-bond donors (Lipinski definition) is 1. The van der Waals surface area contributed by atoms with Crippen molar-refractivity contribution in [2.24, 2.45) is 5.92 Å². The average Bonchev–Trinajstić information content (AvgIpc) is 3.31. The number of rotatable bonds is 16. The number of esters is 1. The second-order valence-corrected chi connectivity index (χ2v) is 12.1. The molecule has 2 amide bonds. The number of carbonyl (C=O) groups is 3. The molecule has 0 spiro atoms. The van der Waals surface area contributed by atoms with Crippen molar-refractivity contribution in [1.29, 1.82) is 0 Å². The fourth-order valence-electron chi connectivity index (χ4n) is 4.77. The number of benzene rings is 2. The van der Waals surface area contributed by atoms with E-state index in [-0.39, 0.29) is 50.1 Å². The fraction of sp³-hybridized carbons (Fsp3) is 0.393. The Bertz CT molecular complexity index is 1510. The van der Waals surface area contributed by atoms with Crippen molar-refractivity contribution in [3.63, 3.8) is 0 Å². The number of non-ortho nitro benzene ring substituents is 1. The summed E-state index contributed by atoms with van der Waals surface area (Å²) in [5.41, 5.74) is 0.421. The largest absolute Gasteiger partial charge is 0.484 e. The van der Waals surface area contributed by atoms with Gasteiger partial charge in [0.15, 0.2) is 6.61 Å². The maximum absolute atomic E-state index is 13.3. The zero-order valence-corrected chi connectivity index (χ0v) is 25.5. The number of fused-ring (bicyclic) bond motifs is 1. The summed E-state index contributed by atoms with van der Waals surface area (Å²) in [5, 5.41) is 13.6. The van der Waals surface area contributed by atoms with Crippen LogP contribution in [0.4, 0.5) is 5.69 Å². The van der Waals surface area contributed by atoms with Crippen LogP contribution in [-0.4, -0.2) is 73.7 Å². The van der Waals surface area contributed by atoms with Crippen molar-refractivity contribution in [2.75, 3.05) is 25.5 Å². The van der Waals surface area contributed by atoms with E-state index in [1.807, 2.05) is 6.07 Å². The Morgan fingerprint density at radius 1 is 1.16 bits per heavy atom. The first-order valence-corrected chi connectivity index (χ1v) is 15.9. The Morgan fingerprint density at radius 3 is 2.52 bits per heavy atom. The highest BCUT2D eigenvalue weighted by atomic mass is 32.3. The zero-order chi connectivity index (χ0) is 31.9. The van der Waals surface area contributed by atoms with Gasteiger partial charge in [-0.05, 0) is 43.7 Å². The fourth-order valence-corrected chi connectivity index (χ4v) is 6.66. The van der Waals surface area contributed by atoms with Gasteiger partial charge in [0.05, 0.1) is 29.6 Å². The highest BCUT2D eigenvalue weighted by Gasteiger charge is 2.58. The first-order valence-electron chi connectivity index (χ1n) is 13.6. The molecule has 2 aliphatic rings. The van der Waals surface area contributed by atoms with Crippen molar-refractivity contribution in [3.05, 3.63) is 80.9 Å². The summed E-state index contributed by atoms with van der Waals surface area (Å²) in [6.45, 7) is 2.67. The van der Waals surface area contributed by atoms with Gasteiger partial charge in [-0.3, -0.25) is 19.7 Å². The van der Waals surface area contributed by atoms with Crippen LogP contribution < -0.4 is 10.1 Å². The van der Waals surface area contributed by atoms with Crippen molar-refractivity contribution < 1.29 is 45.6 Å². The summed E-state index contributed by atoms with van der Waals surface area (Å²) in [4.78, 5) is 50.8. The van der Waals surface area contributed by atoms with Crippen LogP contribution in [-0.2, 0) is 44.5 Å². The van der Waals surface area contributed by atoms with E-state index >= 15 is 0 Å². The quantitative estimate of drug-likeness (QED) is 0.0925. The lowest BCUT2D eigenvalue weighted by atomic mass is 9.83. The van der Waals surface area contributed by atoms with E-state index in [0.717, 1.165) is 0 Å². The number of amides is 2. The minimum atomic E-state index is -4.32. The normalized spacial score (nSPS) is 18.3. The molecule has 236 valence electrons. The number of nitrogens with one attached hydrogen (secondary N) is 1. The Balaban J connectivity index is 1.40. The lowest BCUT2D eigenvalue weighted by Crippen LogP contribution is -2.62. The van der Waals surface area contributed by atoms with Gasteiger partial charge in [0.1, 0.15) is 18.1 Å². The monoisotopic (exact) mass is 649 g/mol. The second-order valence-electron chi connectivity index (χ2n) is 9.69. The van der Waals surface area contributed by atoms with Crippen LogP contribution in [0.15, 0.2) is 65.2 Å². The maximum Gasteiger partial charge on any atom is 0.400 e. The molecule has 1 N–H and O–H groups in total. The Kier molecular flexibility index (Phi) is 11.0. The molecule has 0 bridgehead atoms. The average molecular weight is 650 g/mol. The number of para-hydroxylation sites is 1. The number of β-lactam (4-membered cyclic amide) rings is 1. The van der Waals surface area contributed by atoms with Crippen LogP contribution in [0.25, 0.3) is 0 Å². The van der Waals surface area contributed by atoms with Crippen molar-refractivity contribution in [2.45, 2.75) is 39.0 Å². The van der Waals surface area contributed by atoms with Crippen LogP contribution in [0.2, 0.25) is 0 Å². The number of carbonyl (C=O) groups excluding carboxylic acids is 3. The van der Waals surface area contributed by atoms with Gasteiger partial charge in [-0.25, -0.2) is 13.2 Å². The smallest absolute Gasteiger partial charge is 0.400 e. The third kappa shape index (κ3) is 8.13. The Labute approximate surface area is 258 Å². The zero-order valence-electron chi connectivity index (χ0n) is 23.9. The summed E-state index contributed by atoms with van der Waals surface area (Å²) < 4.78 is 44.6. The third-order valence-corrected chi connectivity index (χ3v) is 8.91. The van der Waals surface area contributed by atoms with Gasteiger partial charge in [-0.15, -0.1) is 11.8 Å². The molecule has 2 aromatic rings. The molecule has 1 saturated heterocycles. The molecule has 44 heavy (non-hydrogen) atoms. The number of hydrogen-bond acceptors (Lipinski definition) is 12. The summed E-state index contributed by atoms with van der Waals surface area (Å²) >= 11 is 1.26. The minimum absolute atomic E-state index is 0.0294. The van der Waals surface area contributed by atoms with Crippen LogP contribution in [0.1, 0.15) is 25.8 Å². The van der Waals surface area contributed by atoms with E-state index in [9.17, 15) is 32.9 Å². The molecule has 4 rings (SSSR count). The van der Waals surface area contributed by atoms with Crippen LogP contribution in [0.5, 0.6) is 5.75 Å². The van der Waals surface area contributed by atoms with Gasteiger partial charge in [0, 0.05) is 35.8 Å². The lowest BCUT2D eigenvalue weighted by Gasteiger charge is -2.45. The third-order valence-electron chi connectivity index (χ3n) is 6.73. The molecular weight excluding hydrogens is 618 g/mol. The van der Waals surface area contributed by atoms with Gasteiger partial charge in [-0.2, -0.15) is 8.42 Å². The van der Waals surface area contributed by atoms with Gasteiger partial charge in [-0.1, -0.05) is 18.2 Å². The number of nitro benzene ring substituents is 1. The predicted molar refractivity (Wildman–Crippen MR) is 157 cm³/mol. The van der Waals surface area contributed by atoms with E-state index in [1.165, 1.54) is 54.8 Å². The Hall–Kier alpha value is -3.99. The minimum Gasteiger partial charge on any atom is -0.484 e. The summed E-state index contributed by atoms with van der Waals surface area (Å²) in [5.74, 6) is -1.56. The summed E-state index contributed by atoms with van der Waals surface area (Å²) in [7, 11) is -4.32. The molecule has 0 aromatic heterocycles. The van der Waals surface area contributed by atoms with Crippen molar-refractivity contribution in [1.82, 2.24) is 10.2 Å². The van der Waals surface area contributed by atoms with Crippen LogP contribution in [0.3, 0.4) is 0 Å². The molecular formula is C28H31N3O11S2. The second kappa shape index (κ2) is 14.7. The highest BCUT2D eigenvalue weighted by molar-refractivity contribution is 8.03. The van der Waals surface area contributed by atoms with Crippen LogP contribution >= 0.6 is 11.8 Å². The van der Waals surface area contributed by atoms with E-state index in [0.29, 0.717) is 22.0 Å². The van der Waals surface area contributed by atoms with E-state index in [2.05, 4.69) is 9.50 Å². The number of nitrogens with zero attached hydrogens (tertiary/aromatic N) is 2. The van der Waals surface area contributed by atoms with E-state index < -0.39 is 45.3 Å². The number of ether oxygens (including phenoxy) is 2. The number of nitro groups is 1. The molecule has 0 aliphatic carbocycles. The first-order chi connectivity index (χ1) is 21.0. The molecule has 14 nitrogen and oxygen atoms in total. The van der Waals surface area contributed by atoms with Gasteiger partial charge >= 0.3 is 16.4 Å². The first kappa shape index (κ1) is 32.9. The SMILES string of the molecule is CCOS(=O)(=O)O[C@@H](C)[C@@H]1C(=O)N2C(C(=O)OCc3ccc([N+](=O)[O-])cc3)=C(SCCNC(=O)COc3ccccc3)C[C@H]12. The molecule has 1 fully saturated rings. The van der Waals surface area contributed by atoms with Crippen molar-refractivity contribution >= 4 is 45.6 Å². The Morgan fingerprint density at radius 2 is 1.86 bits per heavy atom. The lowest BCUT2D eigenvalue weighted by molar-refractivity contribution is -0.384. The van der Waals surface area contributed by atoms with Crippen LogP contribution in [0, 0.1) is 16.0 Å². The van der Waals surface area contributed by atoms with E-state index in [4.69, 9.17) is 13.7 Å². The predicted octanol–water partition coefficient (Wildman–Crippen LogP) is 2.70. The summed E-state index contributed by atoms with van der Waals surface area (Å²) in [6.07, 6.45) is -0.804. The highest BCUT2D eigenvalue weighted by Crippen LogP contribution is 2.48. The van der Waals surface area contributed by atoms with Gasteiger partial charge in [0.2, 0.25) is 5.91 Å². The molecule has 3 atom stereocenters. The van der Waals surface area contributed by atoms with E-state index in [1.54, 1.807) is 24.3 Å². The van der Waals surface area contributed by atoms with Crippen molar-refractivity contribution in [3.8, 4) is 5.75 Å². The molecule has 2 aliphatic heterocycles. The molecule has 2 heterocycles.